The Bertz CT molecular complexity index is 1310. The third-order valence-corrected chi connectivity index (χ3v) is 7.86. The van der Waals surface area contributed by atoms with Gasteiger partial charge in [-0.1, -0.05) is 65.9 Å². The quantitative estimate of drug-likeness (QED) is 0.468. The number of rotatable bonds is 8. The van der Waals surface area contributed by atoms with Gasteiger partial charge < -0.3 is 19.7 Å². The summed E-state index contributed by atoms with van der Waals surface area (Å²) in [6.07, 6.45) is 2.25. The van der Waals surface area contributed by atoms with E-state index >= 15 is 0 Å². The van der Waals surface area contributed by atoms with Crippen molar-refractivity contribution in [2.45, 2.75) is 52.2 Å². The van der Waals surface area contributed by atoms with Gasteiger partial charge in [0.2, 0.25) is 5.91 Å². The smallest absolute Gasteiger partial charge is 0.338 e. The van der Waals surface area contributed by atoms with E-state index in [1.54, 1.807) is 6.92 Å². The fourth-order valence-electron chi connectivity index (χ4n) is 5.10. The van der Waals surface area contributed by atoms with Crippen LogP contribution in [0.5, 0.6) is 0 Å². The van der Waals surface area contributed by atoms with Gasteiger partial charge in [0.1, 0.15) is 0 Å². The van der Waals surface area contributed by atoms with Crippen molar-refractivity contribution in [1.82, 2.24) is 10.2 Å². The van der Waals surface area contributed by atoms with Crippen molar-refractivity contribution in [3.05, 3.63) is 87.5 Å². The molecule has 0 aromatic heterocycles. The molecule has 0 spiro atoms. The first kappa shape index (κ1) is 26.3. The van der Waals surface area contributed by atoms with Gasteiger partial charge in [0.25, 0.3) is 0 Å². The maximum atomic E-state index is 13.6. The molecule has 1 amide bonds. The molecule has 2 unspecified atom stereocenters. The molecule has 0 aliphatic carbocycles. The average Bonchev–Trinajstić information content (AvgIpc) is 3.59. The summed E-state index contributed by atoms with van der Waals surface area (Å²) in [7, 11) is 0. The molecule has 2 atom stereocenters. The van der Waals surface area contributed by atoms with Crippen LogP contribution in [0.2, 0.25) is 0 Å². The highest BCUT2D eigenvalue weighted by molar-refractivity contribution is 8.16. The summed E-state index contributed by atoms with van der Waals surface area (Å²) in [5, 5.41) is 5.74. The van der Waals surface area contributed by atoms with Crippen LogP contribution >= 0.6 is 11.8 Å². The third kappa shape index (κ3) is 5.42. The highest BCUT2D eigenvalue weighted by Crippen LogP contribution is 2.47. The third-order valence-electron chi connectivity index (χ3n) is 6.97. The lowest BCUT2D eigenvalue weighted by molar-refractivity contribution is -0.139. The van der Waals surface area contributed by atoms with Crippen molar-refractivity contribution in [2.24, 2.45) is 4.99 Å². The predicted octanol–water partition coefficient (Wildman–Crippen LogP) is 5.26. The van der Waals surface area contributed by atoms with E-state index < -0.39 is 12.0 Å². The highest BCUT2D eigenvalue weighted by atomic mass is 32.2. The molecule has 0 bridgehead atoms. The molecule has 2 aromatic rings. The van der Waals surface area contributed by atoms with Gasteiger partial charge in [0, 0.05) is 24.4 Å². The van der Waals surface area contributed by atoms with E-state index in [2.05, 4.69) is 23.5 Å². The van der Waals surface area contributed by atoms with Gasteiger partial charge in [0.05, 0.1) is 36.4 Å². The van der Waals surface area contributed by atoms with Gasteiger partial charge in [0.15, 0.2) is 5.17 Å². The van der Waals surface area contributed by atoms with Crippen molar-refractivity contribution in [3.63, 3.8) is 0 Å². The molecule has 3 aliphatic heterocycles. The summed E-state index contributed by atoms with van der Waals surface area (Å²) in [6, 6.07) is 15.5. The number of amides is 1. The van der Waals surface area contributed by atoms with Crippen molar-refractivity contribution in [1.29, 1.82) is 0 Å². The Morgan fingerprint density at radius 3 is 2.74 bits per heavy atom. The molecule has 0 saturated carbocycles. The summed E-state index contributed by atoms with van der Waals surface area (Å²) in [6.45, 7) is 7.41. The van der Waals surface area contributed by atoms with E-state index in [0.29, 0.717) is 17.8 Å². The number of nitrogens with zero attached hydrogens (tertiary/aromatic N) is 2. The minimum absolute atomic E-state index is 0.0764. The largest absolute Gasteiger partial charge is 0.463 e. The zero-order chi connectivity index (χ0) is 26.6. The number of nitrogens with one attached hydrogen (secondary N) is 1. The van der Waals surface area contributed by atoms with E-state index in [-0.39, 0.29) is 25.0 Å². The minimum Gasteiger partial charge on any atom is -0.463 e. The number of fused-ring (bicyclic) bond motifs is 1. The number of aliphatic imine (C=N–C) groups is 1. The number of esters is 1. The van der Waals surface area contributed by atoms with Crippen LogP contribution < -0.4 is 5.32 Å². The van der Waals surface area contributed by atoms with E-state index in [0.717, 1.165) is 52.6 Å². The molecule has 38 heavy (non-hydrogen) atoms. The molecule has 1 saturated heterocycles. The maximum Gasteiger partial charge on any atom is 0.338 e. The first-order chi connectivity index (χ1) is 18.5. The van der Waals surface area contributed by atoms with Crippen molar-refractivity contribution in [3.8, 4) is 0 Å². The number of carbonyl (C=O) groups excluding carboxylic acids is 2. The van der Waals surface area contributed by atoms with E-state index in [1.807, 2.05) is 54.5 Å². The Hall–Kier alpha value is -3.36. The number of aryl methyl sites for hydroxylation is 2. The lowest BCUT2D eigenvalue weighted by Gasteiger charge is -2.37. The minimum atomic E-state index is -0.483. The van der Waals surface area contributed by atoms with Crippen LogP contribution in [-0.2, 0) is 19.1 Å². The predicted molar refractivity (Wildman–Crippen MR) is 150 cm³/mol. The van der Waals surface area contributed by atoms with Gasteiger partial charge in [-0.05, 0) is 50.1 Å². The first-order valence-electron chi connectivity index (χ1n) is 13.1. The van der Waals surface area contributed by atoms with Crippen LogP contribution in [0.25, 0.3) is 5.70 Å². The molecule has 7 nitrogen and oxygen atoms in total. The Kier molecular flexibility index (Phi) is 8.00. The van der Waals surface area contributed by atoms with Gasteiger partial charge in [-0.2, -0.15) is 0 Å². The molecule has 1 fully saturated rings. The SMILES string of the molecule is CCOC(=O)C1=C(c2ccccc2)N=C2SC=C(CC(=O)NCC3CCCO3)N2C1c1cc(C)ccc1C. The Labute approximate surface area is 228 Å². The van der Waals surface area contributed by atoms with Gasteiger partial charge in [-0.25, -0.2) is 9.79 Å². The maximum absolute atomic E-state index is 13.6. The van der Waals surface area contributed by atoms with Gasteiger partial charge >= 0.3 is 5.97 Å². The number of ether oxygens (including phenoxy) is 2. The number of hydrogen-bond donors (Lipinski definition) is 1. The molecule has 2 aromatic carbocycles. The van der Waals surface area contributed by atoms with Crippen LogP contribution in [0, 0.1) is 13.8 Å². The molecular formula is C30H33N3O4S. The second kappa shape index (κ2) is 11.6. The number of hydrogen-bond acceptors (Lipinski definition) is 7. The van der Waals surface area contributed by atoms with E-state index in [1.165, 1.54) is 11.8 Å². The number of carbonyl (C=O) groups is 2. The summed E-state index contributed by atoms with van der Waals surface area (Å²) in [5.41, 5.74) is 5.86. The van der Waals surface area contributed by atoms with Crippen LogP contribution in [0.4, 0.5) is 0 Å². The second-order valence-corrected chi connectivity index (χ2v) is 10.6. The molecule has 198 valence electrons. The lowest BCUT2D eigenvalue weighted by atomic mass is 9.88. The monoisotopic (exact) mass is 531 g/mol. The molecule has 8 heteroatoms. The van der Waals surface area contributed by atoms with Crippen LogP contribution in [0.15, 0.2) is 70.2 Å². The van der Waals surface area contributed by atoms with Crippen molar-refractivity contribution >= 4 is 34.5 Å². The summed E-state index contributed by atoms with van der Waals surface area (Å²) in [5.74, 6) is -0.483. The number of thioether (sulfide) groups is 1. The Morgan fingerprint density at radius 1 is 1.18 bits per heavy atom. The summed E-state index contributed by atoms with van der Waals surface area (Å²) in [4.78, 5) is 33.7. The zero-order valence-corrected chi connectivity index (χ0v) is 22.8. The zero-order valence-electron chi connectivity index (χ0n) is 22.0. The molecule has 5 rings (SSSR count). The molecule has 3 heterocycles. The normalized spacial score (nSPS) is 20.7. The van der Waals surface area contributed by atoms with Crippen LogP contribution in [0.3, 0.4) is 0 Å². The van der Waals surface area contributed by atoms with Crippen molar-refractivity contribution < 1.29 is 19.1 Å². The molecule has 0 radical (unpaired) electrons. The van der Waals surface area contributed by atoms with Crippen LogP contribution in [-0.4, -0.2) is 47.8 Å². The lowest BCUT2D eigenvalue weighted by Crippen LogP contribution is -2.39. The average molecular weight is 532 g/mol. The standard InChI is InChI=1S/C30H33N3O4S/c1-4-36-29(35)26-27(21-9-6-5-7-10-21)32-30-33(28(26)24-15-19(2)12-13-20(24)3)22(18-38-30)16-25(34)31-17-23-11-8-14-37-23/h5-7,9-10,12-13,15,18,23,28H,4,8,11,14,16-17H2,1-3H3,(H,31,34). The Morgan fingerprint density at radius 2 is 2.00 bits per heavy atom. The number of benzene rings is 2. The Balaban J connectivity index is 1.56. The van der Waals surface area contributed by atoms with Crippen LogP contribution in [0.1, 0.15) is 54.5 Å². The summed E-state index contributed by atoms with van der Waals surface area (Å²) >= 11 is 1.48. The summed E-state index contributed by atoms with van der Waals surface area (Å²) < 4.78 is 11.3. The van der Waals surface area contributed by atoms with Gasteiger partial charge in [-0.3, -0.25) is 4.79 Å². The molecule has 1 N–H and O–H groups in total. The molecule has 3 aliphatic rings. The number of amidine groups is 1. The van der Waals surface area contributed by atoms with Crippen molar-refractivity contribution in [2.75, 3.05) is 19.8 Å². The van der Waals surface area contributed by atoms with E-state index in [9.17, 15) is 9.59 Å². The topological polar surface area (TPSA) is 80.2 Å². The van der Waals surface area contributed by atoms with Gasteiger partial charge in [-0.15, -0.1) is 0 Å². The fraction of sp³-hybridized carbons (Fsp3) is 0.367. The first-order valence-corrected chi connectivity index (χ1v) is 14.0. The fourth-order valence-corrected chi connectivity index (χ4v) is 6.02. The highest BCUT2D eigenvalue weighted by Gasteiger charge is 2.43. The molecular weight excluding hydrogens is 498 g/mol. The second-order valence-electron chi connectivity index (χ2n) is 9.72. The van der Waals surface area contributed by atoms with E-state index in [4.69, 9.17) is 14.5 Å².